The molecule has 2 N–H and O–H groups in total. The summed E-state index contributed by atoms with van der Waals surface area (Å²) >= 11 is 0. The molecule has 186 valence electrons. The molecule has 0 spiro atoms. The number of pyridine rings is 2. The Balaban J connectivity index is 1.30. The Morgan fingerprint density at radius 2 is 2.14 bits per heavy atom. The summed E-state index contributed by atoms with van der Waals surface area (Å²) in [5.41, 5.74) is 2.86. The van der Waals surface area contributed by atoms with Crippen molar-refractivity contribution in [3.63, 3.8) is 0 Å². The van der Waals surface area contributed by atoms with Crippen LogP contribution >= 0.6 is 0 Å². The van der Waals surface area contributed by atoms with Crippen molar-refractivity contribution in [2.45, 2.75) is 51.6 Å². The van der Waals surface area contributed by atoms with Crippen molar-refractivity contribution in [3.8, 4) is 22.9 Å². The number of nitrogens with one attached hydrogen (secondary N) is 2. The number of amides is 1. The standard InChI is InChI=1S/C28H32N6O2/c1-5-17(3)27(35)33-28(4)20-9-21(28)11-22(10-20)32-25-8-7-18(14-30-25)24-12-23(36-6-2)16-34-26(24)19(13-29)15-31-34/h5,7-8,12,14-17,20-22H,1,6,9-11H2,2-4H3,(H,30,32)(H,33,35). The van der Waals surface area contributed by atoms with Crippen LogP contribution in [0.4, 0.5) is 5.82 Å². The molecule has 1 amide bonds. The van der Waals surface area contributed by atoms with E-state index in [0.717, 1.165) is 41.7 Å². The summed E-state index contributed by atoms with van der Waals surface area (Å²) in [6.45, 7) is 10.3. The van der Waals surface area contributed by atoms with Gasteiger partial charge in [-0.3, -0.25) is 4.79 Å². The first-order valence-electron chi connectivity index (χ1n) is 12.6. The van der Waals surface area contributed by atoms with Gasteiger partial charge in [-0.05, 0) is 63.1 Å². The molecule has 8 nitrogen and oxygen atoms in total. The third-order valence-corrected chi connectivity index (χ3v) is 8.01. The lowest BCUT2D eigenvalue weighted by atomic mass is 9.51. The molecular weight excluding hydrogens is 452 g/mol. The molecule has 3 aromatic heterocycles. The molecule has 0 aliphatic heterocycles. The highest BCUT2D eigenvalue weighted by Crippen LogP contribution is 2.53. The van der Waals surface area contributed by atoms with Gasteiger partial charge in [0, 0.05) is 28.9 Å². The number of rotatable bonds is 8. The molecular formula is C28H32N6O2. The molecule has 3 aliphatic rings. The van der Waals surface area contributed by atoms with Crippen LogP contribution in [0, 0.1) is 29.1 Å². The molecule has 3 atom stereocenters. The molecule has 3 heterocycles. The second kappa shape index (κ2) is 9.30. The van der Waals surface area contributed by atoms with Gasteiger partial charge in [-0.1, -0.05) is 13.0 Å². The molecule has 6 rings (SSSR count). The van der Waals surface area contributed by atoms with Gasteiger partial charge in [0.2, 0.25) is 5.91 Å². The number of carbonyl (C=O) groups excluding carboxylic acids is 1. The zero-order valence-corrected chi connectivity index (χ0v) is 21.0. The third-order valence-electron chi connectivity index (χ3n) is 8.01. The zero-order valence-electron chi connectivity index (χ0n) is 21.0. The van der Waals surface area contributed by atoms with Crippen LogP contribution < -0.4 is 15.4 Å². The average Bonchev–Trinajstić information content (AvgIpc) is 3.31. The number of nitrogens with zero attached hydrogens (tertiary/aromatic N) is 4. The zero-order chi connectivity index (χ0) is 25.4. The van der Waals surface area contributed by atoms with Crippen LogP contribution in [0.2, 0.25) is 0 Å². The van der Waals surface area contributed by atoms with Gasteiger partial charge in [-0.15, -0.1) is 6.58 Å². The van der Waals surface area contributed by atoms with E-state index in [1.165, 1.54) is 0 Å². The predicted molar refractivity (Wildman–Crippen MR) is 138 cm³/mol. The molecule has 0 aromatic carbocycles. The van der Waals surface area contributed by atoms with E-state index < -0.39 is 0 Å². The molecule has 8 heteroatoms. The van der Waals surface area contributed by atoms with Gasteiger partial charge in [0.1, 0.15) is 17.6 Å². The Hall–Kier alpha value is -3.86. The second-order valence-electron chi connectivity index (χ2n) is 10.2. The van der Waals surface area contributed by atoms with Crippen LogP contribution in [0.15, 0.2) is 49.4 Å². The summed E-state index contributed by atoms with van der Waals surface area (Å²) in [6.07, 6.45) is 10.0. The Bertz CT molecular complexity index is 1330. The summed E-state index contributed by atoms with van der Waals surface area (Å²) < 4.78 is 7.40. The van der Waals surface area contributed by atoms with E-state index in [1.807, 2.05) is 38.2 Å². The maximum Gasteiger partial charge on any atom is 0.227 e. The smallest absolute Gasteiger partial charge is 0.227 e. The van der Waals surface area contributed by atoms with Crippen LogP contribution in [-0.4, -0.2) is 38.7 Å². The van der Waals surface area contributed by atoms with Crippen molar-refractivity contribution < 1.29 is 9.53 Å². The van der Waals surface area contributed by atoms with E-state index in [1.54, 1.807) is 23.0 Å². The normalized spacial score (nSPS) is 25.3. The molecule has 3 saturated carbocycles. The first-order chi connectivity index (χ1) is 17.4. The SMILES string of the molecule is C=CC(C)C(=O)NC1(C)C2CC(Nc3ccc(-c4cc(OCC)cn5ncc(C#N)c45)cn3)CC1C2. The fraction of sp³-hybridized carbons (Fsp3) is 0.429. The lowest BCUT2D eigenvalue weighted by Crippen LogP contribution is -2.68. The molecule has 0 saturated heterocycles. The Morgan fingerprint density at radius 3 is 2.78 bits per heavy atom. The summed E-state index contributed by atoms with van der Waals surface area (Å²) in [5, 5.41) is 20.8. The predicted octanol–water partition coefficient (Wildman–Crippen LogP) is 4.57. The summed E-state index contributed by atoms with van der Waals surface area (Å²) in [4.78, 5) is 17.1. The van der Waals surface area contributed by atoms with E-state index in [-0.39, 0.29) is 17.4 Å². The second-order valence-corrected chi connectivity index (χ2v) is 10.2. The molecule has 3 aromatic rings. The van der Waals surface area contributed by atoms with Crippen LogP contribution in [0.5, 0.6) is 5.75 Å². The monoisotopic (exact) mass is 484 g/mol. The van der Waals surface area contributed by atoms with E-state index in [2.05, 4.69) is 40.3 Å². The Morgan fingerprint density at radius 1 is 1.36 bits per heavy atom. The third kappa shape index (κ3) is 4.09. The highest BCUT2D eigenvalue weighted by Gasteiger charge is 2.56. The summed E-state index contributed by atoms with van der Waals surface area (Å²) in [6, 6.07) is 8.47. The van der Waals surface area contributed by atoms with Gasteiger partial charge < -0.3 is 15.4 Å². The lowest BCUT2D eigenvalue weighted by Gasteiger charge is -2.60. The van der Waals surface area contributed by atoms with Gasteiger partial charge in [-0.25, -0.2) is 9.50 Å². The molecule has 36 heavy (non-hydrogen) atoms. The number of aromatic nitrogens is 3. The molecule has 3 unspecified atom stereocenters. The van der Waals surface area contributed by atoms with Crippen molar-refractivity contribution in [2.75, 3.05) is 11.9 Å². The van der Waals surface area contributed by atoms with Crippen molar-refractivity contribution in [2.24, 2.45) is 17.8 Å². The van der Waals surface area contributed by atoms with Crippen molar-refractivity contribution in [3.05, 3.63) is 55.0 Å². The van der Waals surface area contributed by atoms with Crippen molar-refractivity contribution >= 4 is 17.2 Å². The van der Waals surface area contributed by atoms with E-state index in [4.69, 9.17) is 4.74 Å². The first-order valence-corrected chi connectivity index (χ1v) is 12.6. The van der Waals surface area contributed by atoms with Crippen LogP contribution in [0.1, 0.15) is 45.6 Å². The van der Waals surface area contributed by atoms with Crippen molar-refractivity contribution in [1.82, 2.24) is 19.9 Å². The minimum atomic E-state index is -0.179. The van der Waals surface area contributed by atoms with Crippen LogP contribution in [-0.2, 0) is 4.79 Å². The van der Waals surface area contributed by atoms with Gasteiger partial charge in [-0.2, -0.15) is 10.4 Å². The van der Waals surface area contributed by atoms with Crippen molar-refractivity contribution in [1.29, 1.82) is 5.26 Å². The number of hydrogen-bond acceptors (Lipinski definition) is 6. The minimum absolute atomic E-state index is 0.0612. The first kappa shape index (κ1) is 23.9. The lowest BCUT2D eigenvalue weighted by molar-refractivity contribution is -0.132. The Labute approximate surface area is 211 Å². The van der Waals surface area contributed by atoms with E-state index >= 15 is 0 Å². The Kier molecular flexibility index (Phi) is 6.17. The number of anilines is 1. The highest BCUT2D eigenvalue weighted by atomic mass is 16.5. The van der Waals surface area contributed by atoms with Gasteiger partial charge in [0.25, 0.3) is 0 Å². The topological polar surface area (TPSA) is 104 Å². The van der Waals surface area contributed by atoms with Gasteiger partial charge in [0.05, 0.1) is 36.0 Å². The molecule has 2 bridgehead atoms. The van der Waals surface area contributed by atoms with Crippen LogP contribution in [0.3, 0.4) is 0 Å². The quantitative estimate of drug-likeness (QED) is 0.454. The maximum absolute atomic E-state index is 12.5. The maximum atomic E-state index is 12.5. The summed E-state index contributed by atoms with van der Waals surface area (Å²) in [7, 11) is 0. The number of fused-ring (bicyclic) bond motifs is 3. The minimum Gasteiger partial charge on any atom is -0.492 e. The van der Waals surface area contributed by atoms with E-state index in [9.17, 15) is 10.1 Å². The number of carbonyl (C=O) groups is 1. The van der Waals surface area contributed by atoms with Gasteiger partial charge >= 0.3 is 0 Å². The average molecular weight is 485 g/mol. The number of ether oxygens (including phenoxy) is 1. The van der Waals surface area contributed by atoms with Gasteiger partial charge in [0.15, 0.2) is 0 Å². The fourth-order valence-electron chi connectivity index (χ4n) is 5.77. The number of hydrogen-bond donors (Lipinski definition) is 2. The molecule has 0 radical (unpaired) electrons. The van der Waals surface area contributed by atoms with E-state index in [0.29, 0.717) is 35.8 Å². The largest absolute Gasteiger partial charge is 0.492 e. The summed E-state index contributed by atoms with van der Waals surface area (Å²) in [5.74, 6) is 2.30. The highest BCUT2D eigenvalue weighted by molar-refractivity contribution is 5.85. The van der Waals surface area contributed by atoms with Crippen LogP contribution in [0.25, 0.3) is 16.6 Å². The fourth-order valence-corrected chi connectivity index (χ4v) is 5.77. The molecule has 3 fully saturated rings. The number of nitriles is 1. The molecule has 3 aliphatic carbocycles.